The maximum atomic E-state index is 10.6. The molecule has 2 N–H and O–H groups in total. The van der Waals surface area contributed by atoms with Gasteiger partial charge in [-0.1, -0.05) is 0 Å². The van der Waals surface area contributed by atoms with E-state index in [1.54, 1.807) is 7.05 Å². The van der Waals surface area contributed by atoms with Gasteiger partial charge in [0.2, 0.25) is 5.91 Å². The first-order valence-electron chi connectivity index (χ1n) is 4.10. The molecular formula is C8H10N4O3. The van der Waals surface area contributed by atoms with Gasteiger partial charge in [-0.3, -0.25) is 14.9 Å². The monoisotopic (exact) mass is 210 g/mol. The van der Waals surface area contributed by atoms with Crippen LogP contribution in [0.5, 0.6) is 0 Å². The van der Waals surface area contributed by atoms with Gasteiger partial charge in [-0.05, 0) is 6.07 Å². The van der Waals surface area contributed by atoms with E-state index in [2.05, 4.69) is 4.98 Å². The average molecular weight is 210 g/mol. The summed E-state index contributed by atoms with van der Waals surface area (Å²) in [6.45, 7) is 0.0187. The highest BCUT2D eigenvalue weighted by Gasteiger charge is 2.09. The smallest absolute Gasteiger partial charge is 0.287 e. The topological polar surface area (TPSA) is 102 Å². The zero-order chi connectivity index (χ0) is 11.4. The van der Waals surface area contributed by atoms with Gasteiger partial charge >= 0.3 is 0 Å². The van der Waals surface area contributed by atoms with Crippen molar-refractivity contribution in [3.8, 4) is 0 Å². The quantitative estimate of drug-likeness (QED) is 0.552. The van der Waals surface area contributed by atoms with Gasteiger partial charge in [-0.15, -0.1) is 0 Å². The van der Waals surface area contributed by atoms with Crippen molar-refractivity contribution in [2.24, 2.45) is 5.73 Å². The van der Waals surface area contributed by atoms with E-state index in [9.17, 15) is 14.9 Å². The van der Waals surface area contributed by atoms with Gasteiger partial charge < -0.3 is 10.6 Å². The first-order valence-corrected chi connectivity index (χ1v) is 4.10. The number of pyridine rings is 1. The second kappa shape index (κ2) is 4.36. The second-order valence-corrected chi connectivity index (χ2v) is 2.95. The van der Waals surface area contributed by atoms with Crippen molar-refractivity contribution in [2.45, 2.75) is 0 Å². The van der Waals surface area contributed by atoms with Crippen LogP contribution in [0, 0.1) is 10.1 Å². The zero-order valence-corrected chi connectivity index (χ0v) is 8.08. The molecular weight excluding hydrogens is 200 g/mol. The van der Waals surface area contributed by atoms with Crippen molar-refractivity contribution < 1.29 is 9.72 Å². The number of carbonyl (C=O) groups is 1. The van der Waals surface area contributed by atoms with Crippen LogP contribution in [0.4, 0.5) is 11.5 Å². The molecule has 1 aromatic heterocycles. The molecule has 1 heterocycles. The molecule has 0 aliphatic rings. The Morgan fingerprint density at radius 2 is 2.33 bits per heavy atom. The van der Waals surface area contributed by atoms with E-state index in [1.165, 1.54) is 17.0 Å². The van der Waals surface area contributed by atoms with Gasteiger partial charge in [0.15, 0.2) is 0 Å². The van der Waals surface area contributed by atoms with E-state index >= 15 is 0 Å². The molecule has 0 fully saturated rings. The number of hydrogen-bond acceptors (Lipinski definition) is 5. The third-order valence-corrected chi connectivity index (χ3v) is 1.73. The summed E-state index contributed by atoms with van der Waals surface area (Å²) in [7, 11) is 1.62. The number of primary amides is 1. The molecule has 0 spiro atoms. The summed E-state index contributed by atoms with van der Waals surface area (Å²) in [6, 6.07) is 2.78. The summed E-state index contributed by atoms with van der Waals surface area (Å²) >= 11 is 0. The van der Waals surface area contributed by atoms with Crippen LogP contribution in [0.25, 0.3) is 0 Å². The number of nitro groups is 1. The minimum absolute atomic E-state index is 0.0187. The van der Waals surface area contributed by atoms with E-state index in [0.717, 1.165) is 6.20 Å². The Morgan fingerprint density at radius 3 is 2.73 bits per heavy atom. The van der Waals surface area contributed by atoms with Crippen LogP contribution in [-0.4, -0.2) is 29.4 Å². The Labute approximate surface area is 85.7 Å². The van der Waals surface area contributed by atoms with Gasteiger partial charge in [-0.2, -0.15) is 0 Å². The highest BCUT2D eigenvalue weighted by atomic mass is 16.6. The predicted octanol–water partition coefficient (Wildman–Crippen LogP) is -0.0887. The number of aromatic nitrogens is 1. The van der Waals surface area contributed by atoms with Crippen molar-refractivity contribution in [1.82, 2.24) is 4.98 Å². The number of carbonyl (C=O) groups excluding carboxylic acids is 1. The standard InChI is InChI=1S/C8H10N4O3/c1-11(5-7(9)13)8-3-2-6(4-10-8)12(14)15/h2-4H,5H2,1H3,(H2,9,13). The second-order valence-electron chi connectivity index (χ2n) is 2.95. The third kappa shape index (κ3) is 2.90. The number of nitrogens with zero attached hydrogens (tertiary/aromatic N) is 3. The van der Waals surface area contributed by atoms with Crippen LogP contribution in [-0.2, 0) is 4.79 Å². The molecule has 0 aliphatic carbocycles. The fourth-order valence-electron chi connectivity index (χ4n) is 1.03. The Morgan fingerprint density at radius 1 is 1.67 bits per heavy atom. The predicted molar refractivity (Wildman–Crippen MR) is 53.4 cm³/mol. The van der Waals surface area contributed by atoms with Crippen LogP contribution in [0.1, 0.15) is 0 Å². The maximum absolute atomic E-state index is 10.6. The number of rotatable bonds is 4. The summed E-state index contributed by atoms with van der Waals surface area (Å²) in [6.07, 6.45) is 1.13. The largest absolute Gasteiger partial charge is 0.368 e. The average Bonchev–Trinajstić information content (AvgIpc) is 2.17. The lowest BCUT2D eigenvalue weighted by Crippen LogP contribution is -2.30. The molecule has 0 aliphatic heterocycles. The molecule has 0 bridgehead atoms. The van der Waals surface area contributed by atoms with E-state index < -0.39 is 10.8 Å². The Kier molecular flexibility index (Phi) is 3.17. The van der Waals surface area contributed by atoms with Gasteiger partial charge in [0.1, 0.15) is 12.0 Å². The number of anilines is 1. The van der Waals surface area contributed by atoms with Gasteiger partial charge in [0, 0.05) is 13.1 Å². The summed E-state index contributed by atoms with van der Waals surface area (Å²) in [5, 5.41) is 10.3. The first kappa shape index (κ1) is 10.9. The van der Waals surface area contributed by atoms with Crippen molar-refractivity contribution in [3.05, 3.63) is 28.4 Å². The van der Waals surface area contributed by atoms with Crippen molar-refractivity contribution >= 4 is 17.4 Å². The summed E-state index contributed by atoms with van der Waals surface area (Å²) in [5.74, 6) is -0.0305. The number of amides is 1. The van der Waals surface area contributed by atoms with Crippen LogP contribution >= 0.6 is 0 Å². The minimum Gasteiger partial charge on any atom is -0.368 e. The molecule has 80 valence electrons. The van der Waals surface area contributed by atoms with E-state index in [1.807, 2.05) is 0 Å². The van der Waals surface area contributed by atoms with Crippen LogP contribution in [0.3, 0.4) is 0 Å². The Balaban J connectivity index is 2.79. The molecule has 0 radical (unpaired) electrons. The Hall–Kier alpha value is -2.18. The summed E-state index contributed by atoms with van der Waals surface area (Å²) in [4.78, 5) is 25.7. The molecule has 1 rings (SSSR count). The highest BCUT2D eigenvalue weighted by Crippen LogP contribution is 2.13. The van der Waals surface area contributed by atoms with Crippen LogP contribution in [0.15, 0.2) is 18.3 Å². The molecule has 1 amide bonds. The van der Waals surface area contributed by atoms with E-state index in [0.29, 0.717) is 5.82 Å². The number of nitrogens with two attached hydrogens (primary N) is 1. The maximum Gasteiger partial charge on any atom is 0.287 e. The summed E-state index contributed by atoms with van der Waals surface area (Å²) in [5.41, 5.74) is 4.90. The molecule has 0 saturated heterocycles. The van der Waals surface area contributed by atoms with E-state index in [-0.39, 0.29) is 12.2 Å². The fraction of sp³-hybridized carbons (Fsp3) is 0.250. The number of hydrogen-bond donors (Lipinski definition) is 1. The van der Waals surface area contributed by atoms with Gasteiger partial charge in [0.25, 0.3) is 5.69 Å². The first-order chi connectivity index (χ1) is 7.00. The molecule has 7 heteroatoms. The lowest BCUT2D eigenvalue weighted by molar-refractivity contribution is -0.385. The molecule has 0 saturated carbocycles. The fourth-order valence-corrected chi connectivity index (χ4v) is 1.03. The molecule has 1 aromatic rings. The van der Waals surface area contributed by atoms with Gasteiger partial charge in [-0.25, -0.2) is 4.98 Å². The molecule has 7 nitrogen and oxygen atoms in total. The normalized spacial score (nSPS) is 9.67. The summed E-state index contributed by atoms with van der Waals surface area (Å²) < 4.78 is 0. The van der Waals surface area contributed by atoms with Crippen molar-refractivity contribution in [2.75, 3.05) is 18.5 Å². The minimum atomic E-state index is -0.537. The number of likely N-dealkylation sites (N-methyl/N-ethyl adjacent to an activating group) is 1. The van der Waals surface area contributed by atoms with Crippen LogP contribution in [0.2, 0.25) is 0 Å². The lowest BCUT2D eigenvalue weighted by Gasteiger charge is -2.14. The molecule has 0 aromatic carbocycles. The van der Waals surface area contributed by atoms with Crippen LogP contribution < -0.4 is 10.6 Å². The van der Waals surface area contributed by atoms with Crippen molar-refractivity contribution in [1.29, 1.82) is 0 Å². The lowest BCUT2D eigenvalue weighted by atomic mass is 10.4. The molecule has 15 heavy (non-hydrogen) atoms. The molecule has 0 unspecified atom stereocenters. The highest BCUT2D eigenvalue weighted by molar-refractivity contribution is 5.79. The Bertz CT molecular complexity index is 376. The van der Waals surface area contributed by atoms with E-state index in [4.69, 9.17) is 5.73 Å². The van der Waals surface area contributed by atoms with Gasteiger partial charge in [0.05, 0.1) is 11.5 Å². The molecule has 0 atom stereocenters. The van der Waals surface area contributed by atoms with Crippen molar-refractivity contribution in [3.63, 3.8) is 0 Å². The third-order valence-electron chi connectivity index (χ3n) is 1.73. The SMILES string of the molecule is CN(CC(N)=O)c1ccc([N+](=O)[O-])cn1. The zero-order valence-electron chi connectivity index (χ0n) is 8.08.